The van der Waals surface area contributed by atoms with Crippen LogP contribution in [-0.2, 0) is 9.53 Å². The summed E-state index contributed by atoms with van der Waals surface area (Å²) in [6.45, 7) is 8.84. The normalized spacial score (nSPS) is 10.1. The molecule has 1 atom stereocenters. The second kappa shape index (κ2) is 15.3. The van der Waals surface area contributed by atoms with E-state index in [2.05, 4.69) is 25.1 Å². The van der Waals surface area contributed by atoms with Crippen molar-refractivity contribution in [2.24, 2.45) is 0 Å². The number of carbonyl (C=O) groups is 1. The maximum absolute atomic E-state index is 11.1. The van der Waals surface area contributed by atoms with Crippen LogP contribution in [0.5, 0.6) is 0 Å². The average Bonchev–Trinajstić information content (AvgIpc) is 2.51. The van der Waals surface area contributed by atoms with E-state index in [0.717, 1.165) is 18.6 Å². The van der Waals surface area contributed by atoms with Gasteiger partial charge in [0.2, 0.25) is 5.91 Å². The van der Waals surface area contributed by atoms with Crippen LogP contribution in [0.3, 0.4) is 0 Å². The molecule has 0 aliphatic rings. The summed E-state index contributed by atoms with van der Waals surface area (Å²) in [6, 6.07) is 9.83. The number of carbonyl (C=O) groups excluding carboxylic acids is 1. The lowest BCUT2D eigenvalue weighted by atomic mass is 10.1. The molecule has 3 heteroatoms. The first-order chi connectivity index (χ1) is 9.74. The number of terminal acetylenes is 1. The van der Waals surface area contributed by atoms with Crippen molar-refractivity contribution < 1.29 is 9.53 Å². The number of amides is 1. The number of rotatable bonds is 6. The van der Waals surface area contributed by atoms with Crippen LogP contribution in [-0.4, -0.2) is 19.1 Å². The van der Waals surface area contributed by atoms with Gasteiger partial charge < -0.3 is 10.1 Å². The van der Waals surface area contributed by atoms with E-state index >= 15 is 0 Å². The molecule has 1 aromatic carbocycles. The molecule has 0 aliphatic heterocycles. The fourth-order valence-corrected chi connectivity index (χ4v) is 1.50. The van der Waals surface area contributed by atoms with Crippen LogP contribution in [0, 0.1) is 12.8 Å². The second-order valence-corrected chi connectivity index (χ2v) is 3.74. The molecule has 0 aliphatic carbocycles. The van der Waals surface area contributed by atoms with Crippen LogP contribution in [0.15, 0.2) is 30.3 Å². The fraction of sp³-hybridized carbons (Fsp3) is 0.471. The zero-order valence-corrected chi connectivity index (χ0v) is 13.1. The predicted molar refractivity (Wildman–Crippen MR) is 85.3 cm³/mol. The summed E-state index contributed by atoms with van der Waals surface area (Å²) < 4.78 is 5.49. The van der Waals surface area contributed by atoms with Gasteiger partial charge in [0.1, 0.15) is 0 Å². The molecular weight excluding hydrogens is 250 g/mol. The Hall–Kier alpha value is -1.79. The molecule has 3 nitrogen and oxygen atoms in total. The smallest absolute Gasteiger partial charge is 0.217 e. The van der Waals surface area contributed by atoms with Crippen molar-refractivity contribution in [3.63, 3.8) is 0 Å². The molecule has 20 heavy (non-hydrogen) atoms. The largest absolute Gasteiger partial charge is 0.379 e. The lowest BCUT2D eigenvalue weighted by Crippen LogP contribution is -2.29. The SMILES string of the molecule is C#C.CC.CCCOC[C@@H](NC(C)=O)c1ccccc1. The first-order valence-electron chi connectivity index (χ1n) is 6.97. The van der Waals surface area contributed by atoms with Crippen LogP contribution >= 0.6 is 0 Å². The Morgan fingerprint density at radius 1 is 1.25 bits per heavy atom. The standard InChI is InChI=1S/C13H19NO2.C2H6.C2H2/c1-3-9-16-10-13(14-11(2)15)12-7-5-4-6-8-12;2*1-2/h4-8,13H,3,9-10H2,1-2H3,(H,14,15);1-2H3;1-2H/t13-;;/m1../s1. The van der Waals surface area contributed by atoms with E-state index in [-0.39, 0.29) is 11.9 Å². The first-order valence-corrected chi connectivity index (χ1v) is 6.97. The topological polar surface area (TPSA) is 38.3 Å². The Morgan fingerprint density at radius 3 is 2.25 bits per heavy atom. The van der Waals surface area contributed by atoms with Crippen LogP contribution in [0.2, 0.25) is 0 Å². The van der Waals surface area contributed by atoms with Gasteiger partial charge in [-0.1, -0.05) is 51.1 Å². The van der Waals surface area contributed by atoms with Crippen molar-refractivity contribution in [1.29, 1.82) is 0 Å². The summed E-state index contributed by atoms with van der Waals surface area (Å²) in [5, 5.41) is 2.89. The maximum Gasteiger partial charge on any atom is 0.217 e. The Kier molecular flexibility index (Phi) is 15.7. The van der Waals surface area contributed by atoms with Crippen molar-refractivity contribution in [2.75, 3.05) is 13.2 Å². The maximum atomic E-state index is 11.1. The second-order valence-electron chi connectivity index (χ2n) is 3.74. The van der Waals surface area contributed by atoms with Gasteiger partial charge in [-0.05, 0) is 12.0 Å². The molecule has 0 spiro atoms. The van der Waals surface area contributed by atoms with Gasteiger partial charge in [-0.2, -0.15) is 0 Å². The van der Waals surface area contributed by atoms with Gasteiger partial charge in [0, 0.05) is 13.5 Å². The number of nitrogens with one attached hydrogen (secondary N) is 1. The Labute approximate surface area is 123 Å². The first kappa shape index (κ1) is 20.5. The van der Waals surface area contributed by atoms with Crippen molar-refractivity contribution in [1.82, 2.24) is 5.32 Å². The van der Waals surface area contributed by atoms with Crippen molar-refractivity contribution in [2.45, 2.75) is 40.2 Å². The van der Waals surface area contributed by atoms with Gasteiger partial charge in [0.25, 0.3) is 0 Å². The lowest BCUT2D eigenvalue weighted by Gasteiger charge is -2.18. The summed E-state index contributed by atoms with van der Waals surface area (Å²) >= 11 is 0. The van der Waals surface area contributed by atoms with Gasteiger partial charge in [-0.3, -0.25) is 4.79 Å². The number of hydrogen-bond donors (Lipinski definition) is 1. The summed E-state index contributed by atoms with van der Waals surface area (Å²) in [5.74, 6) is -0.0334. The zero-order valence-electron chi connectivity index (χ0n) is 13.1. The third-order valence-corrected chi connectivity index (χ3v) is 2.21. The summed E-state index contributed by atoms with van der Waals surface area (Å²) in [4.78, 5) is 11.1. The molecule has 0 saturated carbocycles. The quantitative estimate of drug-likeness (QED) is 0.637. The molecule has 0 heterocycles. The van der Waals surface area contributed by atoms with E-state index in [4.69, 9.17) is 4.74 Å². The molecule has 0 saturated heterocycles. The van der Waals surface area contributed by atoms with E-state index in [1.807, 2.05) is 44.2 Å². The highest BCUT2D eigenvalue weighted by Crippen LogP contribution is 2.12. The molecular formula is C17H27NO2. The van der Waals surface area contributed by atoms with Crippen molar-refractivity contribution in [3.05, 3.63) is 35.9 Å². The Balaban J connectivity index is 0. The van der Waals surface area contributed by atoms with Crippen LogP contribution in [0.4, 0.5) is 0 Å². The monoisotopic (exact) mass is 277 g/mol. The van der Waals surface area contributed by atoms with Gasteiger partial charge in [0.15, 0.2) is 0 Å². The van der Waals surface area contributed by atoms with E-state index in [1.165, 1.54) is 6.92 Å². The fourth-order valence-electron chi connectivity index (χ4n) is 1.50. The number of benzene rings is 1. The molecule has 112 valence electrons. The number of ether oxygens (including phenoxy) is 1. The summed E-state index contributed by atoms with van der Waals surface area (Å²) in [6.07, 6.45) is 8.99. The third-order valence-electron chi connectivity index (χ3n) is 2.21. The van der Waals surface area contributed by atoms with E-state index < -0.39 is 0 Å². The zero-order chi connectivity index (χ0) is 15.8. The highest BCUT2D eigenvalue weighted by Gasteiger charge is 2.11. The summed E-state index contributed by atoms with van der Waals surface area (Å²) in [7, 11) is 0. The molecule has 0 bridgehead atoms. The highest BCUT2D eigenvalue weighted by atomic mass is 16.5. The van der Waals surface area contributed by atoms with E-state index in [0.29, 0.717) is 6.61 Å². The third kappa shape index (κ3) is 10.2. The molecule has 1 rings (SSSR count). The molecule has 1 amide bonds. The Bertz CT molecular complexity index is 347. The minimum absolute atomic E-state index is 0.0334. The highest BCUT2D eigenvalue weighted by molar-refractivity contribution is 5.73. The minimum atomic E-state index is -0.0507. The van der Waals surface area contributed by atoms with Gasteiger partial charge in [-0.15, -0.1) is 12.8 Å². The van der Waals surface area contributed by atoms with Crippen molar-refractivity contribution in [3.8, 4) is 12.8 Å². The van der Waals surface area contributed by atoms with Gasteiger partial charge in [-0.25, -0.2) is 0 Å². The van der Waals surface area contributed by atoms with Crippen LogP contribution < -0.4 is 5.32 Å². The Morgan fingerprint density at radius 2 is 1.80 bits per heavy atom. The molecule has 0 radical (unpaired) electrons. The molecule has 0 aromatic heterocycles. The van der Waals surface area contributed by atoms with E-state index in [1.54, 1.807) is 0 Å². The molecule has 0 fully saturated rings. The van der Waals surface area contributed by atoms with Gasteiger partial charge in [0.05, 0.1) is 12.6 Å². The van der Waals surface area contributed by atoms with Crippen molar-refractivity contribution >= 4 is 5.91 Å². The van der Waals surface area contributed by atoms with Crippen LogP contribution in [0.1, 0.15) is 45.7 Å². The van der Waals surface area contributed by atoms with Gasteiger partial charge >= 0.3 is 0 Å². The molecule has 0 unspecified atom stereocenters. The van der Waals surface area contributed by atoms with E-state index in [9.17, 15) is 4.79 Å². The molecule has 1 N–H and O–H groups in total. The molecule has 1 aromatic rings. The lowest BCUT2D eigenvalue weighted by molar-refractivity contribution is -0.120. The average molecular weight is 277 g/mol. The minimum Gasteiger partial charge on any atom is -0.379 e. The predicted octanol–water partition coefficient (Wildman–Crippen LogP) is 3.57. The number of hydrogen-bond acceptors (Lipinski definition) is 2. The van der Waals surface area contributed by atoms with Crippen LogP contribution in [0.25, 0.3) is 0 Å². The summed E-state index contributed by atoms with van der Waals surface area (Å²) in [5.41, 5.74) is 1.08.